The Kier molecular flexibility index (Phi) is 5.18. The first kappa shape index (κ1) is 17.2. The molecule has 132 valence electrons. The summed E-state index contributed by atoms with van der Waals surface area (Å²) in [6, 6.07) is 3.00. The van der Waals surface area contributed by atoms with Gasteiger partial charge in [-0.3, -0.25) is 4.79 Å². The van der Waals surface area contributed by atoms with Crippen molar-refractivity contribution in [3.05, 3.63) is 40.2 Å². The molecule has 1 amide bonds. The number of ether oxygens (including phenoxy) is 2. The number of anilines is 1. The molecule has 2 heterocycles. The smallest absolute Gasteiger partial charge is 0.374 e. The summed E-state index contributed by atoms with van der Waals surface area (Å²) in [5.41, 5.74) is 1.37. The van der Waals surface area contributed by atoms with Crippen LogP contribution in [0.3, 0.4) is 0 Å². The summed E-state index contributed by atoms with van der Waals surface area (Å²) in [4.78, 5) is 37.1. The van der Waals surface area contributed by atoms with Gasteiger partial charge in [0.05, 0.1) is 18.4 Å². The van der Waals surface area contributed by atoms with Crippen LogP contribution < -0.4 is 5.32 Å². The van der Waals surface area contributed by atoms with Gasteiger partial charge in [-0.25, -0.2) is 9.59 Å². The van der Waals surface area contributed by atoms with Crippen molar-refractivity contribution in [3.63, 3.8) is 0 Å². The average molecular weight is 363 g/mol. The van der Waals surface area contributed by atoms with Gasteiger partial charge in [-0.05, 0) is 43.9 Å². The maximum absolute atomic E-state index is 12.2. The molecule has 8 heteroatoms. The highest BCUT2D eigenvalue weighted by Gasteiger charge is 2.28. The standard InChI is InChI=1S/C17H17NO6S/c1-2-22-17(21)14-10-5-3-7-12(10)25-15(14)18-13(19)9-24-16(20)11-6-4-8-23-11/h4,6,8H,2-3,5,7,9H2,1H3,(H,18,19). The fourth-order valence-corrected chi connectivity index (χ4v) is 3.96. The summed E-state index contributed by atoms with van der Waals surface area (Å²) in [6.45, 7) is 1.53. The molecular formula is C17H17NO6S. The van der Waals surface area contributed by atoms with Crippen LogP contribution in [0.15, 0.2) is 22.8 Å². The highest BCUT2D eigenvalue weighted by Crippen LogP contribution is 2.39. The molecule has 7 nitrogen and oxygen atoms in total. The van der Waals surface area contributed by atoms with Gasteiger partial charge in [-0.15, -0.1) is 11.3 Å². The van der Waals surface area contributed by atoms with Crippen molar-refractivity contribution in [2.75, 3.05) is 18.5 Å². The Bertz CT molecular complexity index is 792. The van der Waals surface area contributed by atoms with Gasteiger partial charge in [0.15, 0.2) is 6.61 Å². The third kappa shape index (κ3) is 3.74. The molecule has 1 aliphatic carbocycles. The summed E-state index contributed by atoms with van der Waals surface area (Å²) >= 11 is 1.37. The number of furan rings is 1. The van der Waals surface area contributed by atoms with Crippen molar-refractivity contribution in [1.82, 2.24) is 0 Å². The molecule has 0 saturated heterocycles. The van der Waals surface area contributed by atoms with E-state index in [1.54, 1.807) is 13.0 Å². The van der Waals surface area contributed by atoms with Gasteiger partial charge < -0.3 is 19.2 Å². The van der Waals surface area contributed by atoms with E-state index in [2.05, 4.69) is 5.32 Å². The predicted octanol–water partition coefficient (Wildman–Crippen LogP) is 2.80. The molecule has 0 unspecified atom stereocenters. The number of hydrogen-bond acceptors (Lipinski definition) is 7. The first-order valence-corrected chi connectivity index (χ1v) is 8.74. The molecule has 0 bridgehead atoms. The molecule has 0 aromatic carbocycles. The Morgan fingerprint density at radius 3 is 2.80 bits per heavy atom. The van der Waals surface area contributed by atoms with Crippen molar-refractivity contribution >= 4 is 34.2 Å². The number of hydrogen-bond donors (Lipinski definition) is 1. The van der Waals surface area contributed by atoms with E-state index in [1.165, 1.54) is 23.7 Å². The fraction of sp³-hybridized carbons (Fsp3) is 0.353. The zero-order valence-corrected chi connectivity index (χ0v) is 14.4. The number of rotatable bonds is 6. The monoisotopic (exact) mass is 363 g/mol. The molecule has 3 rings (SSSR count). The quantitative estimate of drug-likeness (QED) is 0.793. The van der Waals surface area contributed by atoms with Crippen LogP contribution in [-0.2, 0) is 27.1 Å². The van der Waals surface area contributed by atoms with E-state index in [0.717, 1.165) is 29.7 Å². The van der Waals surface area contributed by atoms with Crippen molar-refractivity contribution in [1.29, 1.82) is 0 Å². The molecule has 25 heavy (non-hydrogen) atoms. The van der Waals surface area contributed by atoms with Crippen LogP contribution in [0.25, 0.3) is 0 Å². The summed E-state index contributed by atoms with van der Waals surface area (Å²) in [7, 11) is 0. The normalized spacial score (nSPS) is 12.5. The molecular weight excluding hydrogens is 346 g/mol. The number of thiophene rings is 1. The lowest BCUT2D eigenvalue weighted by Gasteiger charge is -2.08. The number of carbonyl (C=O) groups is 3. The SMILES string of the molecule is CCOC(=O)c1c(NC(=O)COC(=O)c2ccco2)sc2c1CCC2. The van der Waals surface area contributed by atoms with Gasteiger partial charge >= 0.3 is 11.9 Å². The predicted molar refractivity (Wildman–Crippen MR) is 89.9 cm³/mol. The summed E-state index contributed by atoms with van der Waals surface area (Å²) in [6.07, 6.45) is 4.01. The first-order chi connectivity index (χ1) is 12.1. The highest BCUT2D eigenvalue weighted by atomic mass is 32.1. The van der Waals surface area contributed by atoms with Gasteiger partial charge in [-0.1, -0.05) is 0 Å². The van der Waals surface area contributed by atoms with Crippen LogP contribution in [0.4, 0.5) is 5.00 Å². The number of carbonyl (C=O) groups excluding carboxylic acids is 3. The Balaban J connectivity index is 1.67. The topological polar surface area (TPSA) is 94.8 Å². The van der Waals surface area contributed by atoms with Gasteiger partial charge in [0.1, 0.15) is 5.00 Å². The van der Waals surface area contributed by atoms with Gasteiger partial charge in [-0.2, -0.15) is 0 Å². The Hall–Kier alpha value is -2.61. The molecule has 2 aromatic rings. The lowest BCUT2D eigenvalue weighted by atomic mass is 10.1. The van der Waals surface area contributed by atoms with Crippen molar-refractivity contribution < 1.29 is 28.3 Å². The van der Waals surface area contributed by atoms with E-state index in [4.69, 9.17) is 13.9 Å². The van der Waals surface area contributed by atoms with Crippen LogP contribution in [0.2, 0.25) is 0 Å². The van der Waals surface area contributed by atoms with Crippen molar-refractivity contribution in [2.24, 2.45) is 0 Å². The third-order valence-electron chi connectivity index (χ3n) is 3.71. The third-order valence-corrected chi connectivity index (χ3v) is 4.92. The molecule has 2 aromatic heterocycles. The Morgan fingerprint density at radius 1 is 1.24 bits per heavy atom. The minimum absolute atomic E-state index is 0.0233. The minimum Gasteiger partial charge on any atom is -0.462 e. The van der Waals surface area contributed by atoms with E-state index in [0.29, 0.717) is 10.6 Å². The van der Waals surface area contributed by atoms with Crippen LogP contribution in [-0.4, -0.2) is 31.1 Å². The van der Waals surface area contributed by atoms with E-state index in [9.17, 15) is 14.4 Å². The maximum Gasteiger partial charge on any atom is 0.374 e. The van der Waals surface area contributed by atoms with Crippen LogP contribution in [0, 0.1) is 0 Å². The average Bonchev–Trinajstić information content (AvgIpc) is 3.29. The molecule has 0 fully saturated rings. The zero-order chi connectivity index (χ0) is 17.8. The molecule has 0 aliphatic heterocycles. The van der Waals surface area contributed by atoms with E-state index < -0.39 is 24.5 Å². The molecule has 1 aliphatic rings. The number of aryl methyl sites for hydroxylation is 1. The number of esters is 2. The highest BCUT2D eigenvalue weighted by molar-refractivity contribution is 7.17. The fourth-order valence-electron chi connectivity index (χ4n) is 2.67. The minimum atomic E-state index is -0.723. The van der Waals surface area contributed by atoms with Gasteiger partial charge in [0.25, 0.3) is 5.91 Å². The molecule has 0 spiro atoms. The number of nitrogens with one attached hydrogen (secondary N) is 1. The van der Waals surface area contributed by atoms with Crippen LogP contribution in [0.5, 0.6) is 0 Å². The number of amides is 1. The second-order valence-corrected chi connectivity index (χ2v) is 6.49. The van der Waals surface area contributed by atoms with Crippen LogP contribution >= 0.6 is 11.3 Å². The lowest BCUT2D eigenvalue weighted by molar-refractivity contribution is -0.119. The Morgan fingerprint density at radius 2 is 2.08 bits per heavy atom. The molecule has 1 N–H and O–H groups in total. The van der Waals surface area contributed by atoms with Crippen LogP contribution in [0.1, 0.15) is 44.7 Å². The lowest BCUT2D eigenvalue weighted by Crippen LogP contribution is -2.21. The second kappa shape index (κ2) is 7.52. The number of fused-ring (bicyclic) bond motifs is 1. The first-order valence-electron chi connectivity index (χ1n) is 7.92. The van der Waals surface area contributed by atoms with Crippen molar-refractivity contribution in [2.45, 2.75) is 26.2 Å². The molecule has 0 atom stereocenters. The van der Waals surface area contributed by atoms with Gasteiger partial charge in [0, 0.05) is 4.88 Å². The molecule has 0 radical (unpaired) electrons. The maximum atomic E-state index is 12.2. The Labute approximate surface area is 147 Å². The summed E-state index contributed by atoms with van der Waals surface area (Å²) in [5.74, 6) is -1.66. The van der Waals surface area contributed by atoms with E-state index in [1.807, 2.05) is 0 Å². The summed E-state index contributed by atoms with van der Waals surface area (Å²) < 4.78 is 14.9. The van der Waals surface area contributed by atoms with Gasteiger partial charge in [0.2, 0.25) is 5.76 Å². The molecule has 0 saturated carbocycles. The van der Waals surface area contributed by atoms with Crippen molar-refractivity contribution in [3.8, 4) is 0 Å². The second-order valence-electron chi connectivity index (χ2n) is 5.38. The summed E-state index contributed by atoms with van der Waals surface area (Å²) in [5, 5.41) is 3.10. The zero-order valence-electron chi connectivity index (χ0n) is 13.6. The van der Waals surface area contributed by atoms with E-state index >= 15 is 0 Å². The largest absolute Gasteiger partial charge is 0.462 e. The van der Waals surface area contributed by atoms with E-state index in [-0.39, 0.29) is 12.4 Å².